The number of unbranched alkanes of at least 4 members (excludes halogenated alkanes) is 3. The van der Waals surface area contributed by atoms with Gasteiger partial charge >= 0.3 is 17.7 Å². The molecule has 0 amide bonds. The number of fused-ring (bicyclic) bond motifs is 1. The molecule has 0 unspecified atom stereocenters. The number of nitrogens with two attached hydrogens (primary N) is 1. The Hall–Kier alpha value is -3.40. The number of anilines is 1. The highest BCUT2D eigenvalue weighted by Crippen LogP contribution is 2.29. The summed E-state index contributed by atoms with van der Waals surface area (Å²) in [6, 6.07) is 8.25. The summed E-state index contributed by atoms with van der Waals surface area (Å²) in [5.41, 5.74) is 8.89. The molecule has 0 aliphatic carbocycles. The number of aromatic amines is 1. The van der Waals surface area contributed by atoms with Gasteiger partial charge in [0.05, 0.1) is 13.0 Å². The predicted molar refractivity (Wildman–Crippen MR) is 143 cm³/mol. The number of nitrogens with one attached hydrogen (secondary N) is 1. The summed E-state index contributed by atoms with van der Waals surface area (Å²) >= 11 is 0. The number of carbonyl (C=O) groups is 1. The molecule has 0 bridgehead atoms. The van der Waals surface area contributed by atoms with Crippen LogP contribution < -0.4 is 16.2 Å². The van der Waals surface area contributed by atoms with Crippen molar-refractivity contribution >= 4 is 23.0 Å². The van der Waals surface area contributed by atoms with E-state index >= 15 is 0 Å². The molecule has 10 nitrogen and oxygen atoms in total. The first-order valence-electron chi connectivity index (χ1n) is 13.4. The molecule has 37 heavy (non-hydrogen) atoms. The van der Waals surface area contributed by atoms with Gasteiger partial charge in [-0.2, -0.15) is 9.97 Å². The highest BCUT2D eigenvalue weighted by atomic mass is 16.5. The van der Waals surface area contributed by atoms with Crippen LogP contribution in [0, 0.1) is 0 Å². The minimum atomic E-state index is -0.792. The van der Waals surface area contributed by atoms with Crippen molar-refractivity contribution in [1.29, 1.82) is 0 Å². The summed E-state index contributed by atoms with van der Waals surface area (Å²) in [5, 5.41) is 9.05. The standard InChI is InChI=1S/C27H38N6O4/c1-2-3-16-37-26-30-24(28)23-25(31-26)33(27(36)29-23)13-6-4-5-12-32-14-10-20(11-15-32)21-9-7-8-19(17-21)18-22(34)35/h7-9,17,20H,2-6,10-16,18H2,1H3,(H,29,36)(H,34,35)(H2,28,30,31). The molecule has 0 spiro atoms. The number of benzene rings is 1. The van der Waals surface area contributed by atoms with Crippen molar-refractivity contribution in [2.24, 2.45) is 0 Å². The van der Waals surface area contributed by atoms with Gasteiger partial charge in [0.15, 0.2) is 11.5 Å². The number of aliphatic carboxylic acids is 1. The third kappa shape index (κ3) is 7.09. The molecule has 0 atom stereocenters. The normalized spacial score (nSPS) is 14.8. The lowest BCUT2D eigenvalue weighted by Crippen LogP contribution is -2.33. The fraction of sp³-hybridized carbons (Fsp3) is 0.556. The average molecular weight is 511 g/mol. The molecule has 3 aromatic rings. The first-order chi connectivity index (χ1) is 17.9. The van der Waals surface area contributed by atoms with Crippen LogP contribution in [-0.4, -0.2) is 61.7 Å². The second kappa shape index (κ2) is 12.7. The summed E-state index contributed by atoms with van der Waals surface area (Å²) in [5.74, 6) is -0.0755. The van der Waals surface area contributed by atoms with Gasteiger partial charge in [0.25, 0.3) is 0 Å². The van der Waals surface area contributed by atoms with Crippen LogP contribution in [0.25, 0.3) is 11.2 Å². The number of piperidine rings is 1. The number of likely N-dealkylation sites (tertiary alicyclic amines) is 1. The van der Waals surface area contributed by atoms with Crippen LogP contribution in [0.15, 0.2) is 29.1 Å². The molecule has 2 aromatic heterocycles. The van der Waals surface area contributed by atoms with Crippen molar-refractivity contribution in [3.05, 3.63) is 45.9 Å². The predicted octanol–water partition coefficient (Wildman–Crippen LogP) is 3.56. The van der Waals surface area contributed by atoms with Gasteiger partial charge in [-0.15, -0.1) is 0 Å². The van der Waals surface area contributed by atoms with Gasteiger partial charge in [0.2, 0.25) is 0 Å². The number of carboxylic acid groups (broad SMARTS) is 1. The number of H-pyrrole nitrogens is 1. The highest BCUT2D eigenvalue weighted by molar-refractivity contribution is 5.81. The SMILES string of the molecule is CCCCOc1nc(N)c2[nH]c(=O)n(CCCCCN3CCC(c4cccc(CC(=O)O)c4)CC3)c2n1. The second-order valence-electron chi connectivity index (χ2n) is 9.87. The van der Waals surface area contributed by atoms with Gasteiger partial charge < -0.3 is 25.5 Å². The lowest BCUT2D eigenvalue weighted by Gasteiger charge is -2.32. The van der Waals surface area contributed by atoms with E-state index in [-0.39, 0.29) is 23.9 Å². The Kier molecular flexibility index (Phi) is 9.16. The van der Waals surface area contributed by atoms with E-state index in [1.54, 1.807) is 4.57 Å². The molecule has 1 aliphatic heterocycles. The Balaban J connectivity index is 1.22. The zero-order chi connectivity index (χ0) is 26.2. The van der Waals surface area contributed by atoms with Gasteiger partial charge in [0.1, 0.15) is 5.52 Å². The molecule has 1 aromatic carbocycles. The van der Waals surface area contributed by atoms with E-state index in [4.69, 9.17) is 15.6 Å². The van der Waals surface area contributed by atoms with Crippen LogP contribution in [0.3, 0.4) is 0 Å². The third-order valence-electron chi connectivity index (χ3n) is 7.08. The molecule has 0 radical (unpaired) electrons. The lowest BCUT2D eigenvalue weighted by molar-refractivity contribution is -0.136. The summed E-state index contributed by atoms with van der Waals surface area (Å²) < 4.78 is 7.23. The number of aromatic nitrogens is 4. The van der Waals surface area contributed by atoms with Crippen molar-refractivity contribution < 1.29 is 14.6 Å². The molecule has 1 aliphatic rings. The molecule has 3 heterocycles. The van der Waals surface area contributed by atoms with Gasteiger partial charge in [-0.3, -0.25) is 9.36 Å². The zero-order valence-corrected chi connectivity index (χ0v) is 21.6. The summed E-state index contributed by atoms with van der Waals surface area (Å²) in [7, 11) is 0. The van der Waals surface area contributed by atoms with Gasteiger partial charge in [-0.25, -0.2) is 4.79 Å². The van der Waals surface area contributed by atoms with Crippen molar-refractivity contribution in [2.45, 2.75) is 70.8 Å². The van der Waals surface area contributed by atoms with Crippen LogP contribution >= 0.6 is 0 Å². The fourth-order valence-electron chi connectivity index (χ4n) is 5.01. The van der Waals surface area contributed by atoms with Crippen LogP contribution in [0.2, 0.25) is 0 Å². The molecule has 1 saturated heterocycles. The average Bonchev–Trinajstić information content (AvgIpc) is 3.20. The van der Waals surface area contributed by atoms with E-state index in [0.717, 1.165) is 70.1 Å². The third-order valence-corrected chi connectivity index (χ3v) is 7.08. The van der Waals surface area contributed by atoms with Crippen molar-refractivity contribution in [2.75, 3.05) is 32.0 Å². The van der Waals surface area contributed by atoms with Crippen molar-refractivity contribution in [3.63, 3.8) is 0 Å². The number of ether oxygens (including phenoxy) is 1. The number of nitrogens with zero attached hydrogens (tertiary/aromatic N) is 4. The summed E-state index contributed by atoms with van der Waals surface area (Å²) in [6.45, 7) is 6.31. The minimum absolute atomic E-state index is 0.0750. The number of nitrogen functional groups attached to an aromatic ring is 1. The van der Waals surface area contributed by atoms with Crippen molar-refractivity contribution in [1.82, 2.24) is 24.4 Å². The smallest absolute Gasteiger partial charge is 0.327 e. The van der Waals surface area contributed by atoms with Crippen LogP contribution in [0.4, 0.5) is 5.82 Å². The molecule has 0 saturated carbocycles. The van der Waals surface area contributed by atoms with Crippen LogP contribution in [0.1, 0.15) is 68.9 Å². The fourth-order valence-corrected chi connectivity index (χ4v) is 5.01. The second-order valence-corrected chi connectivity index (χ2v) is 9.87. The molecule has 4 rings (SSSR count). The monoisotopic (exact) mass is 510 g/mol. The Bertz CT molecular complexity index is 1250. The molecule has 1 fully saturated rings. The Morgan fingerprint density at radius 2 is 1.95 bits per heavy atom. The summed E-state index contributed by atoms with van der Waals surface area (Å²) in [6.07, 6.45) is 7.11. The number of hydrogen-bond acceptors (Lipinski definition) is 7. The lowest BCUT2D eigenvalue weighted by atomic mass is 9.88. The number of rotatable bonds is 13. The van der Waals surface area contributed by atoms with Crippen LogP contribution in [-0.2, 0) is 17.8 Å². The van der Waals surface area contributed by atoms with Gasteiger partial charge in [-0.05, 0) is 68.8 Å². The molecule has 4 N–H and O–H groups in total. The highest BCUT2D eigenvalue weighted by Gasteiger charge is 2.21. The maximum absolute atomic E-state index is 12.5. The number of imidazole rings is 1. The maximum Gasteiger partial charge on any atom is 0.327 e. The van der Waals surface area contributed by atoms with Crippen LogP contribution in [0.5, 0.6) is 6.01 Å². The quantitative estimate of drug-likeness (QED) is 0.297. The van der Waals surface area contributed by atoms with Gasteiger partial charge in [0, 0.05) is 6.54 Å². The topological polar surface area (TPSA) is 139 Å². The zero-order valence-electron chi connectivity index (χ0n) is 21.6. The number of carboxylic acids is 1. The van der Waals surface area contributed by atoms with Crippen molar-refractivity contribution in [3.8, 4) is 6.01 Å². The van der Waals surface area contributed by atoms with E-state index < -0.39 is 5.97 Å². The molecule has 200 valence electrons. The molecule has 10 heteroatoms. The maximum atomic E-state index is 12.5. The molecular formula is C27H38N6O4. The van der Waals surface area contributed by atoms with E-state index in [9.17, 15) is 9.59 Å². The summed E-state index contributed by atoms with van der Waals surface area (Å²) in [4.78, 5) is 37.4. The van der Waals surface area contributed by atoms with E-state index in [0.29, 0.717) is 30.2 Å². The largest absolute Gasteiger partial charge is 0.481 e. The minimum Gasteiger partial charge on any atom is -0.481 e. The first kappa shape index (κ1) is 26.7. The Labute approximate surface area is 216 Å². The van der Waals surface area contributed by atoms with E-state index in [2.05, 4.69) is 38.9 Å². The molecular weight excluding hydrogens is 472 g/mol. The Morgan fingerprint density at radius 1 is 1.16 bits per heavy atom. The van der Waals surface area contributed by atoms with E-state index in [1.165, 1.54) is 5.56 Å². The van der Waals surface area contributed by atoms with E-state index in [1.807, 2.05) is 12.1 Å². The number of aryl methyl sites for hydroxylation is 1. The van der Waals surface area contributed by atoms with Gasteiger partial charge in [-0.1, -0.05) is 44.0 Å². The Morgan fingerprint density at radius 3 is 2.70 bits per heavy atom. The first-order valence-corrected chi connectivity index (χ1v) is 13.4. The number of hydrogen-bond donors (Lipinski definition) is 3.